The zero-order chi connectivity index (χ0) is 54.3. The fraction of sp³-hybridized carbons (Fsp3) is 0. The minimum Gasteiger partial charge on any atom is -0.456 e. The van der Waals surface area contributed by atoms with Crippen LogP contribution >= 0.6 is 11.3 Å². The summed E-state index contributed by atoms with van der Waals surface area (Å²) in [6.45, 7) is 0. The molecule has 0 aliphatic carbocycles. The Kier molecular flexibility index (Phi) is 9.83. The Hall–Kier alpha value is -10.9. The van der Waals surface area contributed by atoms with Crippen LogP contribution in [0.1, 0.15) is 0 Å². The zero-order valence-corrected chi connectivity index (χ0v) is 45.1. The lowest BCUT2D eigenvalue weighted by atomic mass is 9.99. The van der Waals surface area contributed by atoms with Crippen molar-refractivity contribution in [3.05, 3.63) is 261 Å². The van der Waals surface area contributed by atoms with E-state index < -0.39 is 0 Å². The Labute approximate surface area is 477 Å². The summed E-state index contributed by atoms with van der Waals surface area (Å²) < 4.78 is 20.3. The summed E-state index contributed by atoms with van der Waals surface area (Å²) >= 11 is 1.78. The minimum absolute atomic E-state index is 0.572. The smallest absolute Gasteiger partial charge is 0.164 e. The molecule has 0 fully saturated rings. The molecule has 0 amide bonds. The van der Waals surface area contributed by atoms with Gasteiger partial charge in [0, 0.05) is 91.3 Å². The standard InChI is InChI=1S/C75H43N5O2S/c1-3-14-44(15-4-1)73-76-74(49-29-34-57-61-43-51(31-37-67(61)82-69(57)41-49)80-63-23-11-7-18-52(63)53-19-8-12-24-64(53)80)78-75(77-73)59-21-13-25-70-72(59)58-35-28-48(42-71(58)83-70)47-27-33-56-60-38-45(30-36-66(60)81-68(56)40-47)46-26-32-55-54-20-9-10-22-62(54)79(65(55)39-46)50-16-5-2-6-17-50/h1-43H. The first-order valence-electron chi connectivity index (χ1n) is 27.9. The maximum Gasteiger partial charge on any atom is 0.164 e. The van der Waals surface area contributed by atoms with E-state index in [-0.39, 0.29) is 0 Å². The van der Waals surface area contributed by atoms with Crippen LogP contribution in [0.4, 0.5) is 0 Å². The molecule has 18 rings (SSSR count). The van der Waals surface area contributed by atoms with Crippen molar-refractivity contribution in [1.82, 2.24) is 24.1 Å². The van der Waals surface area contributed by atoms with Gasteiger partial charge in [-0.05, 0) is 125 Å². The summed E-state index contributed by atoms with van der Waals surface area (Å²) in [6.07, 6.45) is 0. The molecule has 0 spiro atoms. The SMILES string of the molecule is c1ccc(-c2nc(-c3ccc4c(c3)oc3ccc(-n5c6ccccc6c6ccccc65)cc34)nc(-c3cccc4sc5cc(-c6ccc7c(c6)oc6ccc(-c8ccc9c%10ccccc%10n(-c%10ccccc%10)c9c8)cc67)ccc5c34)n2)cc1. The third-order valence-electron chi connectivity index (χ3n) is 16.8. The van der Waals surface area contributed by atoms with Crippen LogP contribution in [0.25, 0.3) is 175 Å². The summed E-state index contributed by atoms with van der Waals surface area (Å²) in [5, 5.41) is 11.5. The van der Waals surface area contributed by atoms with Crippen molar-refractivity contribution < 1.29 is 8.83 Å². The quantitative estimate of drug-likeness (QED) is 0.159. The van der Waals surface area contributed by atoms with Crippen LogP contribution in [0.5, 0.6) is 0 Å². The third kappa shape index (κ3) is 7.13. The molecule has 0 N–H and O–H groups in total. The van der Waals surface area contributed by atoms with Gasteiger partial charge in [0.25, 0.3) is 0 Å². The van der Waals surface area contributed by atoms with Gasteiger partial charge in [0.1, 0.15) is 22.3 Å². The largest absolute Gasteiger partial charge is 0.456 e. The number of hydrogen-bond acceptors (Lipinski definition) is 6. The molecule has 12 aromatic carbocycles. The highest BCUT2D eigenvalue weighted by molar-refractivity contribution is 7.26. The molecule has 6 aromatic heterocycles. The third-order valence-corrected chi connectivity index (χ3v) is 17.9. The van der Waals surface area contributed by atoms with Crippen molar-refractivity contribution in [2.45, 2.75) is 0 Å². The molecule has 83 heavy (non-hydrogen) atoms. The fourth-order valence-electron chi connectivity index (χ4n) is 12.9. The number of thiophene rings is 1. The molecule has 0 saturated heterocycles. The Morgan fingerprint density at radius 3 is 1.46 bits per heavy atom. The van der Waals surface area contributed by atoms with Gasteiger partial charge in [-0.15, -0.1) is 11.3 Å². The number of benzene rings is 12. The van der Waals surface area contributed by atoms with Crippen molar-refractivity contribution in [2.75, 3.05) is 0 Å². The van der Waals surface area contributed by atoms with Crippen LogP contribution in [-0.2, 0) is 0 Å². The summed E-state index contributed by atoms with van der Waals surface area (Å²) in [5.41, 5.74) is 17.5. The summed E-state index contributed by atoms with van der Waals surface area (Å²) in [4.78, 5) is 15.7. The van der Waals surface area contributed by atoms with E-state index in [1.54, 1.807) is 11.3 Å². The lowest BCUT2D eigenvalue weighted by molar-refractivity contribution is 0.668. The number of furan rings is 2. The van der Waals surface area contributed by atoms with Crippen LogP contribution in [0.3, 0.4) is 0 Å². The highest BCUT2D eigenvalue weighted by Crippen LogP contribution is 2.44. The van der Waals surface area contributed by atoms with E-state index in [1.165, 1.54) is 48.3 Å². The number of aromatic nitrogens is 5. The molecule has 0 radical (unpaired) electrons. The van der Waals surface area contributed by atoms with Gasteiger partial charge in [-0.3, -0.25) is 0 Å². The van der Waals surface area contributed by atoms with Crippen molar-refractivity contribution in [3.8, 4) is 67.8 Å². The van der Waals surface area contributed by atoms with Crippen molar-refractivity contribution in [2.24, 2.45) is 0 Å². The fourth-order valence-corrected chi connectivity index (χ4v) is 14.1. The summed E-state index contributed by atoms with van der Waals surface area (Å²) in [6, 6.07) is 92.7. The Balaban J connectivity index is 0.700. The molecule has 0 bridgehead atoms. The van der Waals surface area contributed by atoms with E-state index in [0.717, 1.165) is 110 Å². The lowest BCUT2D eigenvalue weighted by Crippen LogP contribution is -2.00. The second-order valence-electron chi connectivity index (χ2n) is 21.5. The first-order chi connectivity index (χ1) is 41.1. The Bertz CT molecular complexity index is 5660. The van der Waals surface area contributed by atoms with E-state index in [2.05, 4.69) is 252 Å². The van der Waals surface area contributed by atoms with Gasteiger partial charge < -0.3 is 18.0 Å². The van der Waals surface area contributed by atoms with Crippen molar-refractivity contribution >= 4 is 119 Å². The van der Waals surface area contributed by atoms with Gasteiger partial charge in [0.15, 0.2) is 17.5 Å². The molecule has 8 heteroatoms. The predicted molar refractivity (Wildman–Crippen MR) is 343 cm³/mol. The van der Waals surface area contributed by atoms with E-state index in [0.29, 0.717) is 17.5 Å². The van der Waals surface area contributed by atoms with Crippen LogP contribution in [0, 0.1) is 0 Å². The number of rotatable bonds is 7. The molecule has 0 aliphatic heterocycles. The molecule has 0 saturated carbocycles. The highest BCUT2D eigenvalue weighted by Gasteiger charge is 2.21. The van der Waals surface area contributed by atoms with Gasteiger partial charge in [0.2, 0.25) is 0 Å². The molecule has 7 nitrogen and oxygen atoms in total. The summed E-state index contributed by atoms with van der Waals surface area (Å²) in [7, 11) is 0. The van der Waals surface area contributed by atoms with E-state index in [4.69, 9.17) is 23.8 Å². The second-order valence-corrected chi connectivity index (χ2v) is 22.6. The second kappa shape index (κ2) is 17.8. The molecule has 0 unspecified atom stereocenters. The van der Waals surface area contributed by atoms with E-state index >= 15 is 0 Å². The first kappa shape index (κ1) is 45.9. The van der Waals surface area contributed by atoms with Crippen LogP contribution in [-0.4, -0.2) is 24.1 Å². The Morgan fingerprint density at radius 2 is 0.759 bits per heavy atom. The molecule has 6 heterocycles. The monoisotopic (exact) mass is 1080 g/mol. The van der Waals surface area contributed by atoms with E-state index in [1.807, 2.05) is 18.2 Å². The highest BCUT2D eigenvalue weighted by atomic mass is 32.1. The van der Waals surface area contributed by atoms with Crippen molar-refractivity contribution in [3.63, 3.8) is 0 Å². The first-order valence-corrected chi connectivity index (χ1v) is 28.7. The normalized spacial score (nSPS) is 12.1. The van der Waals surface area contributed by atoms with Gasteiger partial charge in [-0.2, -0.15) is 0 Å². The average molecular weight is 1080 g/mol. The maximum absolute atomic E-state index is 6.63. The zero-order valence-electron chi connectivity index (χ0n) is 44.3. The van der Waals surface area contributed by atoms with Crippen LogP contribution in [0.2, 0.25) is 0 Å². The molecule has 0 atom stereocenters. The molecular formula is C75H43N5O2S. The predicted octanol–water partition coefficient (Wildman–Crippen LogP) is 20.6. The summed E-state index contributed by atoms with van der Waals surface area (Å²) in [5.74, 6) is 1.79. The molecule has 386 valence electrons. The van der Waals surface area contributed by atoms with Crippen LogP contribution in [0.15, 0.2) is 270 Å². The minimum atomic E-state index is 0.572. The molecule has 18 aromatic rings. The van der Waals surface area contributed by atoms with E-state index in [9.17, 15) is 0 Å². The maximum atomic E-state index is 6.63. The number of nitrogens with zero attached hydrogens (tertiary/aromatic N) is 5. The van der Waals surface area contributed by atoms with Crippen molar-refractivity contribution in [1.29, 1.82) is 0 Å². The van der Waals surface area contributed by atoms with Gasteiger partial charge in [0.05, 0.1) is 22.1 Å². The average Bonchev–Trinajstić information content (AvgIpc) is 4.57. The molecule has 0 aliphatic rings. The lowest BCUT2D eigenvalue weighted by Gasteiger charge is -2.10. The number of para-hydroxylation sites is 4. The Morgan fingerprint density at radius 1 is 0.265 bits per heavy atom. The van der Waals surface area contributed by atoms with Crippen LogP contribution < -0.4 is 0 Å². The topological polar surface area (TPSA) is 74.8 Å². The van der Waals surface area contributed by atoms with Gasteiger partial charge in [-0.1, -0.05) is 158 Å². The number of hydrogen-bond donors (Lipinski definition) is 0. The molecular weight excluding hydrogens is 1030 g/mol. The number of fused-ring (bicyclic) bond motifs is 15. The van der Waals surface area contributed by atoms with Gasteiger partial charge in [-0.25, -0.2) is 15.0 Å². The van der Waals surface area contributed by atoms with Gasteiger partial charge >= 0.3 is 0 Å².